The summed E-state index contributed by atoms with van der Waals surface area (Å²) in [6.07, 6.45) is 3.27. The van der Waals surface area contributed by atoms with Gasteiger partial charge in [-0.25, -0.2) is 4.98 Å². The minimum absolute atomic E-state index is 0.0773. The lowest BCUT2D eigenvalue weighted by molar-refractivity contribution is -0.149. The van der Waals surface area contributed by atoms with Gasteiger partial charge in [-0.2, -0.15) is 0 Å². The highest BCUT2D eigenvalue weighted by Gasteiger charge is 2.45. The summed E-state index contributed by atoms with van der Waals surface area (Å²) in [5.74, 6) is 1.62. The third kappa shape index (κ3) is 4.17. The van der Waals surface area contributed by atoms with Crippen LogP contribution in [0.4, 0.5) is 0 Å². The van der Waals surface area contributed by atoms with E-state index in [1.165, 1.54) is 11.8 Å². The second kappa shape index (κ2) is 8.05. The van der Waals surface area contributed by atoms with E-state index in [0.29, 0.717) is 30.4 Å². The van der Waals surface area contributed by atoms with Gasteiger partial charge in [-0.15, -0.1) is 5.10 Å². The van der Waals surface area contributed by atoms with E-state index in [-0.39, 0.29) is 17.7 Å². The Hall–Kier alpha value is -1.12. The molecule has 140 valence electrons. The number of nitrogens with zero attached hydrogens (tertiary/aromatic N) is 3. The fourth-order valence-electron chi connectivity index (χ4n) is 3.89. The van der Waals surface area contributed by atoms with E-state index in [4.69, 9.17) is 4.74 Å². The maximum atomic E-state index is 12.5. The van der Waals surface area contributed by atoms with E-state index in [9.17, 15) is 9.90 Å². The van der Waals surface area contributed by atoms with Gasteiger partial charge in [0, 0.05) is 38.6 Å². The summed E-state index contributed by atoms with van der Waals surface area (Å²) in [5, 5.41) is 18.8. The highest BCUT2D eigenvalue weighted by atomic mass is 32.2. The summed E-state index contributed by atoms with van der Waals surface area (Å²) in [7, 11) is 0. The summed E-state index contributed by atoms with van der Waals surface area (Å²) in [5.41, 5.74) is -0.673. The molecule has 2 aliphatic heterocycles. The molecule has 8 heteroatoms. The summed E-state index contributed by atoms with van der Waals surface area (Å²) in [6, 6.07) is 0. The van der Waals surface area contributed by atoms with Crippen LogP contribution in [0.2, 0.25) is 0 Å². The number of amides is 1. The Kier molecular flexibility index (Phi) is 6.01. The van der Waals surface area contributed by atoms with E-state index in [1.807, 2.05) is 11.8 Å². The third-order valence-corrected chi connectivity index (χ3v) is 6.41. The summed E-state index contributed by atoms with van der Waals surface area (Å²) in [6.45, 7) is 6.76. The van der Waals surface area contributed by atoms with E-state index >= 15 is 0 Å². The number of likely N-dealkylation sites (tertiary alicyclic amines) is 1. The second-order valence-electron chi connectivity index (χ2n) is 7.08. The van der Waals surface area contributed by atoms with Gasteiger partial charge in [0.05, 0.1) is 11.4 Å². The number of aromatic nitrogens is 3. The number of carbonyl (C=O) groups is 1. The Morgan fingerprint density at radius 2 is 2.24 bits per heavy atom. The van der Waals surface area contributed by atoms with Gasteiger partial charge < -0.3 is 14.7 Å². The topological polar surface area (TPSA) is 91.3 Å². The molecule has 7 nitrogen and oxygen atoms in total. The molecule has 2 fully saturated rings. The number of nitrogens with one attached hydrogen (secondary N) is 1. The molecule has 1 aromatic rings. The minimum atomic E-state index is -0.673. The van der Waals surface area contributed by atoms with Crippen LogP contribution in [0, 0.1) is 11.8 Å². The number of H-pyrrole nitrogens is 1. The average molecular weight is 369 g/mol. The first kappa shape index (κ1) is 18.7. The van der Waals surface area contributed by atoms with Crippen LogP contribution >= 0.6 is 11.8 Å². The van der Waals surface area contributed by atoms with Crippen LogP contribution in [0.1, 0.15) is 38.9 Å². The summed E-state index contributed by atoms with van der Waals surface area (Å²) in [4.78, 5) is 18.7. The van der Waals surface area contributed by atoms with E-state index in [2.05, 4.69) is 22.1 Å². The molecule has 1 amide bonds. The Labute approximate surface area is 152 Å². The lowest BCUT2D eigenvalue weighted by Crippen LogP contribution is -2.57. The van der Waals surface area contributed by atoms with Crippen LogP contribution < -0.4 is 0 Å². The van der Waals surface area contributed by atoms with Gasteiger partial charge in [-0.1, -0.05) is 25.6 Å². The molecule has 2 N–H and O–H groups in total. The highest BCUT2D eigenvalue weighted by Crippen LogP contribution is 2.39. The number of aromatic amines is 1. The van der Waals surface area contributed by atoms with Gasteiger partial charge in [0.15, 0.2) is 0 Å². The standard InChI is InChI=1S/C17H28N4O3S/c1-3-14-18-16(20-19-14)25-11-15(22)21-7-6-17(23,12(2)10-21)13-4-8-24-9-5-13/h12-13,23H,3-11H2,1-2H3,(H,18,19,20)/t12-,17+/m1/s1. The zero-order valence-corrected chi connectivity index (χ0v) is 15.8. The van der Waals surface area contributed by atoms with Crippen LogP contribution in [0.3, 0.4) is 0 Å². The van der Waals surface area contributed by atoms with Gasteiger partial charge in [0.2, 0.25) is 11.1 Å². The fraction of sp³-hybridized carbons (Fsp3) is 0.824. The maximum absolute atomic E-state index is 12.5. The number of ether oxygens (including phenoxy) is 1. The molecule has 0 unspecified atom stereocenters. The molecule has 25 heavy (non-hydrogen) atoms. The number of hydrogen-bond acceptors (Lipinski definition) is 6. The van der Waals surface area contributed by atoms with Crippen molar-refractivity contribution in [2.45, 2.75) is 50.3 Å². The first-order valence-corrected chi connectivity index (χ1v) is 10.1. The van der Waals surface area contributed by atoms with Crippen molar-refractivity contribution in [2.75, 3.05) is 32.1 Å². The monoisotopic (exact) mass is 368 g/mol. The molecule has 2 atom stereocenters. The molecule has 3 rings (SSSR count). The maximum Gasteiger partial charge on any atom is 0.233 e. The normalized spacial score (nSPS) is 28.3. The van der Waals surface area contributed by atoms with Crippen molar-refractivity contribution in [1.29, 1.82) is 0 Å². The largest absolute Gasteiger partial charge is 0.389 e. The number of rotatable bonds is 5. The Morgan fingerprint density at radius 3 is 2.88 bits per heavy atom. The lowest BCUT2D eigenvalue weighted by atomic mass is 9.70. The molecule has 0 saturated carbocycles. The third-order valence-electron chi connectivity index (χ3n) is 5.58. The summed E-state index contributed by atoms with van der Waals surface area (Å²) < 4.78 is 5.42. The number of aliphatic hydroxyl groups is 1. The van der Waals surface area contributed by atoms with Crippen molar-refractivity contribution < 1.29 is 14.6 Å². The molecule has 0 radical (unpaired) electrons. The van der Waals surface area contributed by atoms with Gasteiger partial charge in [-0.3, -0.25) is 9.89 Å². The number of carbonyl (C=O) groups excluding carboxylic acids is 1. The predicted molar refractivity (Wildman–Crippen MR) is 95.3 cm³/mol. The Morgan fingerprint density at radius 1 is 1.48 bits per heavy atom. The van der Waals surface area contributed by atoms with Crippen molar-refractivity contribution in [3.63, 3.8) is 0 Å². The zero-order valence-electron chi connectivity index (χ0n) is 15.0. The number of thioether (sulfide) groups is 1. The van der Waals surface area contributed by atoms with E-state index < -0.39 is 5.60 Å². The van der Waals surface area contributed by atoms with Gasteiger partial charge >= 0.3 is 0 Å². The number of hydrogen-bond donors (Lipinski definition) is 2. The van der Waals surface area contributed by atoms with Crippen LogP contribution in [0.15, 0.2) is 5.16 Å². The van der Waals surface area contributed by atoms with Crippen LogP contribution in [-0.2, 0) is 16.0 Å². The van der Waals surface area contributed by atoms with Gasteiger partial charge in [0.25, 0.3) is 0 Å². The van der Waals surface area contributed by atoms with Crippen molar-refractivity contribution >= 4 is 17.7 Å². The first-order valence-electron chi connectivity index (χ1n) is 9.15. The number of aryl methyl sites for hydroxylation is 1. The van der Waals surface area contributed by atoms with Crippen LogP contribution in [0.25, 0.3) is 0 Å². The lowest BCUT2D eigenvalue weighted by Gasteiger charge is -2.48. The van der Waals surface area contributed by atoms with E-state index in [0.717, 1.165) is 38.3 Å². The SMILES string of the molecule is CCc1nc(SCC(=O)N2CC[C@@](O)(C3CCOCC3)[C@H](C)C2)n[nH]1. The highest BCUT2D eigenvalue weighted by molar-refractivity contribution is 7.99. The van der Waals surface area contributed by atoms with Crippen molar-refractivity contribution in [1.82, 2.24) is 20.1 Å². The molecule has 2 saturated heterocycles. The van der Waals surface area contributed by atoms with E-state index in [1.54, 1.807) is 0 Å². The molecule has 3 heterocycles. The number of piperidine rings is 1. The van der Waals surface area contributed by atoms with Crippen molar-refractivity contribution in [2.24, 2.45) is 11.8 Å². The molecule has 0 aromatic carbocycles. The zero-order chi connectivity index (χ0) is 17.9. The molecule has 0 aliphatic carbocycles. The van der Waals surface area contributed by atoms with Crippen LogP contribution in [-0.4, -0.2) is 68.8 Å². The molecule has 0 bridgehead atoms. The van der Waals surface area contributed by atoms with Crippen molar-refractivity contribution in [3.05, 3.63) is 5.82 Å². The Bertz CT molecular complexity index is 590. The first-order chi connectivity index (χ1) is 12.0. The average Bonchev–Trinajstić information content (AvgIpc) is 3.11. The predicted octanol–water partition coefficient (Wildman–Crippen LogP) is 1.49. The molecule has 2 aliphatic rings. The van der Waals surface area contributed by atoms with Crippen molar-refractivity contribution in [3.8, 4) is 0 Å². The molecule has 0 spiro atoms. The smallest absolute Gasteiger partial charge is 0.233 e. The molecule has 1 aromatic heterocycles. The fourth-order valence-corrected chi connectivity index (χ4v) is 4.61. The Balaban J connectivity index is 1.52. The summed E-state index contributed by atoms with van der Waals surface area (Å²) >= 11 is 1.36. The van der Waals surface area contributed by atoms with Gasteiger partial charge in [0.1, 0.15) is 5.82 Å². The minimum Gasteiger partial charge on any atom is -0.389 e. The van der Waals surface area contributed by atoms with Gasteiger partial charge in [-0.05, 0) is 25.2 Å². The quantitative estimate of drug-likeness (QED) is 0.765. The van der Waals surface area contributed by atoms with Crippen LogP contribution in [0.5, 0.6) is 0 Å². The molecular weight excluding hydrogens is 340 g/mol. The second-order valence-corrected chi connectivity index (χ2v) is 8.02. The molecular formula is C17H28N4O3S.